The average molecular weight is 263 g/mol. The summed E-state index contributed by atoms with van der Waals surface area (Å²) in [5.41, 5.74) is 7.56. The number of nitrogen functional groups attached to an aromatic ring is 1. The number of thiophene rings is 1. The van der Waals surface area contributed by atoms with Crippen LogP contribution < -0.4 is 5.73 Å². The lowest BCUT2D eigenvalue weighted by Crippen LogP contribution is -1.88. The Morgan fingerprint density at radius 2 is 2.29 bits per heavy atom. The Morgan fingerprint density at radius 3 is 2.94 bits per heavy atom. The lowest BCUT2D eigenvalue weighted by atomic mass is 10.2. The molecule has 3 aromatic heterocycles. The van der Waals surface area contributed by atoms with Crippen molar-refractivity contribution in [3.63, 3.8) is 0 Å². The number of nitrogens with two attached hydrogens (primary N) is 1. The largest absolute Gasteiger partial charge is 0.389 e. The number of hydrogen-bond acceptors (Lipinski definition) is 6. The van der Waals surface area contributed by atoms with Crippen molar-refractivity contribution in [3.05, 3.63) is 23.2 Å². The molecule has 3 N–H and O–H groups in total. The summed E-state index contributed by atoms with van der Waals surface area (Å²) in [4.78, 5) is 5.51. The fourth-order valence-corrected chi connectivity index (χ4v) is 2.88. The second kappa shape index (κ2) is 3.94. The Hall–Kier alpha value is -1.73. The van der Waals surface area contributed by atoms with E-state index in [0.717, 1.165) is 22.0 Å². The molecule has 7 heteroatoms. The van der Waals surface area contributed by atoms with E-state index in [0.29, 0.717) is 10.8 Å². The van der Waals surface area contributed by atoms with Crippen LogP contribution in [0.25, 0.3) is 22.1 Å². The van der Waals surface area contributed by atoms with E-state index in [4.69, 9.17) is 5.73 Å². The van der Waals surface area contributed by atoms with E-state index in [1.807, 2.05) is 24.4 Å². The van der Waals surface area contributed by atoms with Gasteiger partial charge in [-0.05, 0) is 29.9 Å². The molecule has 0 fully saturated rings. The predicted molar refractivity (Wildman–Crippen MR) is 70.0 cm³/mol. The van der Waals surface area contributed by atoms with Gasteiger partial charge in [-0.15, -0.1) is 11.3 Å². The zero-order valence-corrected chi connectivity index (χ0v) is 10.6. The van der Waals surface area contributed by atoms with Gasteiger partial charge in [0.05, 0.1) is 16.1 Å². The molecule has 0 aliphatic heterocycles. The summed E-state index contributed by atoms with van der Waals surface area (Å²) in [6.45, 7) is 1.91. The quantitative estimate of drug-likeness (QED) is 0.744. The third-order valence-electron chi connectivity index (χ3n) is 2.35. The molecule has 0 unspecified atom stereocenters. The van der Waals surface area contributed by atoms with Crippen LogP contribution in [-0.4, -0.2) is 19.6 Å². The number of aromatic nitrogens is 4. The Morgan fingerprint density at radius 1 is 1.41 bits per heavy atom. The van der Waals surface area contributed by atoms with Crippen LogP contribution >= 0.6 is 22.9 Å². The number of aromatic amines is 1. The highest BCUT2D eigenvalue weighted by Crippen LogP contribution is 2.31. The van der Waals surface area contributed by atoms with E-state index >= 15 is 0 Å². The Kier molecular flexibility index (Phi) is 2.41. The highest BCUT2D eigenvalue weighted by molar-refractivity contribution is 7.13. The van der Waals surface area contributed by atoms with Gasteiger partial charge < -0.3 is 5.73 Å². The summed E-state index contributed by atoms with van der Waals surface area (Å²) >= 11 is 2.89. The van der Waals surface area contributed by atoms with Gasteiger partial charge in [0.25, 0.3) is 0 Å². The molecule has 3 aromatic rings. The number of nitrogens with one attached hydrogen (secondary N) is 1. The molecular weight excluding hydrogens is 254 g/mol. The SMILES string of the molecule is Cc1nsc(N)c1-c1n[nH]c(-c2cccs2)n1. The van der Waals surface area contributed by atoms with Crippen LogP contribution in [0.15, 0.2) is 17.5 Å². The smallest absolute Gasteiger partial charge is 0.186 e. The third-order valence-corrected chi connectivity index (χ3v) is 4.00. The van der Waals surface area contributed by atoms with E-state index in [2.05, 4.69) is 19.6 Å². The first-order valence-electron chi connectivity index (χ1n) is 4.94. The molecule has 0 radical (unpaired) electrons. The van der Waals surface area contributed by atoms with Crippen LogP contribution in [0, 0.1) is 6.92 Å². The molecule has 0 amide bonds. The molecule has 3 rings (SSSR count). The van der Waals surface area contributed by atoms with Crippen LogP contribution in [0.1, 0.15) is 5.69 Å². The number of H-pyrrole nitrogens is 1. The molecule has 0 saturated carbocycles. The maximum atomic E-state index is 5.87. The molecule has 0 aromatic carbocycles. The predicted octanol–water partition coefficient (Wildman–Crippen LogP) is 2.55. The Balaban J connectivity index is 2.07. The van der Waals surface area contributed by atoms with Crippen molar-refractivity contribution in [1.82, 2.24) is 19.6 Å². The van der Waals surface area contributed by atoms with Crippen molar-refractivity contribution >= 4 is 27.9 Å². The molecule has 0 aliphatic carbocycles. The van der Waals surface area contributed by atoms with Crippen LogP contribution in [0.3, 0.4) is 0 Å². The van der Waals surface area contributed by atoms with Crippen molar-refractivity contribution < 1.29 is 0 Å². The molecule has 5 nitrogen and oxygen atoms in total. The number of hydrogen-bond donors (Lipinski definition) is 2. The van der Waals surface area contributed by atoms with E-state index < -0.39 is 0 Å². The van der Waals surface area contributed by atoms with Crippen molar-refractivity contribution in [1.29, 1.82) is 0 Å². The molecule has 0 spiro atoms. The maximum Gasteiger partial charge on any atom is 0.186 e. The first-order valence-corrected chi connectivity index (χ1v) is 6.59. The highest BCUT2D eigenvalue weighted by atomic mass is 32.1. The van der Waals surface area contributed by atoms with Gasteiger partial charge in [0, 0.05) is 0 Å². The fraction of sp³-hybridized carbons (Fsp3) is 0.100. The van der Waals surface area contributed by atoms with Gasteiger partial charge in [0.15, 0.2) is 11.6 Å². The van der Waals surface area contributed by atoms with Gasteiger partial charge in [-0.25, -0.2) is 4.98 Å². The first-order chi connectivity index (χ1) is 8.25. The normalized spacial score (nSPS) is 10.9. The molecular formula is C10H9N5S2. The summed E-state index contributed by atoms with van der Waals surface area (Å²) in [6, 6.07) is 3.98. The van der Waals surface area contributed by atoms with Crippen LogP contribution in [-0.2, 0) is 0 Å². The van der Waals surface area contributed by atoms with Crippen molar-refractivity contribution in [2.75, 3.05) is 5.73 Å². The minimum absolute atomic E-state index is 0.608. The van der Waals surface area contributed by atoms with E-state index in [1.165, 1.54) is 11.5 Å². The summed E-state index contributed by atoms with van der Waals surface area (Å²) in [7, 11) is 0. The summed E-state index contributed by atoms with van der Waals surface area (Å²) in [5, 5.41) is 9.77. The molecule has 17 heavy (non-hydrogen) atoms. The second-order valence-corrected chi connectivity index (χ2v) is 5.24. The number of nitrogens with zero attached hydrogens (tertiary/aromatic N) is 3. The zero-order valence-electron chi connectivity index (χ0n) is 8.97. The molecule has 3 heterocycles. The second-order valence-electron chi connectivity index (χ2n) is 3.49. The number of anilines is 1. The summed E-state index contributed by atoms with van der Waals surface area (Å²) in [6.07, 6.45) is 0. The molecule has 0 saturated heterocycles. The van der Waals surface area contributed by atoms with E-state index in [9.17, 15) is 0 Å². The lowest BCUT2D eigenvalue weighted by Gasteiger charge is -1.92. The van der Waals surface area contributed by atoms with E-state index in [-0.39, 0.29) is 0 Å². The summed E-state index contributed by atoms with van der Waals surface area (Å²) < 4.78 is 4.19. The van der Waals surface area contributed by atoms with Crippen LogP contribution in [0.5, 0.6) is 0 Å². The molecule has 0 aliphatic rings. The van der Waals surface area contributed by atoms with Crippen LogP contribution in [0.2, 0.25) is 0 Å². The maximum absolute atomic E-state index is 5.87. The van der Waals surface area contributed by atoms with Gasteiger partial charge in [0.2, 0.25) is 0 Å². The third kappa shape index (κ3) is 1.73. The van der Waals surface area contributed by atoms with Gasteiger partial charge in [-0.2, -0.15) is 9.47 Å². The molecule has 86 valence electrons. The lowest BCUT2D eigenvalue weighted by molar-refractivity contribution is 1.10. The zero-order chi connectivity index (χ0) is 11.8. The molecule has 0 atom stereocenters. The van der Waals surface area contributed by atoms with Crippen LogP contribution in [0.4, 0.5) is 5.00 Å². The Bertz CT molecular complexity index is 618. The highest BCUT2D eigenvalue weighted by Gasteiger charge is 2.15. The average Bonchev–Trinajstić information content (AvgIpc) is 2.98. The molecule has 0 bridgehead atoms. The number of rotatable bonds is 2. The van der Waals surface area contributed by atoms with Gasteiger partial charge in [-0.1, -0.05) is 6.07 Å². The topological polar surface area (TPSA) is 80.5 Å². The summed E-state index contributed by atoms with van der Waals surface area (Å²) in [5.74, 6) is 1.37. The van der Waals surface area contributed by atoms with Gasteiger partial charge in [0.1, 0.15) is 5.00 Å². The minimum Gasteiger partial charge on any atom is -0.389 e. The Labute approximate surface area is 106 Å². The van der Waals surface area contributed by atoms with Gasteiger partial charge >= 0.3 is 0 Å². The van der Waals surface area contributed by atoms with Crippen molar-refractivity contribution in [3.8, 4) is 22.1 Å². The van der Waals surface area contributed by atoms with E-state index in [1.54, 1.807) is 11.3 Å². The minimum atomic E-state index is 0.608. The number of aryl methyl sites for hydroxylation is 1. The standard InChI is InChI=1S/C10H9N5S2/c1-5-7(8(11)17-15-5)10-12-9(13-14-10)6-3-2-4-16-6/h2-4H,11H2,1H3,(H,12,13,14). The van der Waals surface area contributed by atoms with Crippen molar-refractivity contribution in [2.24, 2.45) is 0 Å². The fourth-order valence-electron chi connectivity index (χ4n) is 1.56. The first kappa shape index (κ1) is 10.4. The van der Waals surface area contributed by atoms with Gasteiger partial charge in [-0.3, -0.25) is 5.10 Å². The monoisotopic (exact) mass is 263 g/mol. The van der Waals surface area contributed by atoms with Crippen molar-refractivity contribution in [2.45, 2.75) is 6.92 Å².